The number of aromatic nitrogens is 2. The minimum absolute atomic E-state index is 0.236. The Balaban J connectivity index is 1.37. The number of hydrogen-bond acceptors (Lipinski definition) is 5. The zero-order valence-electron chi connectivity index (χ0n) is 18.4. The van der Waals surface area contributed by atoms with E-state index in [0.29, 0.717) is 31.5 Å². The zero-order valence-corrected chi connectivity index (χ0v) is 18.4. The van der Waals surface area contributed by atoms with E-state index in [9.17, 15) is 4.79 Å². The van der Waals surface area contributed by atoms with E-state index in [1.165, 1.54) is 0 Å². The van der Waals surface area contributed by atoms with Gasteiger partial charge >= 0.3 is 6.09 Å². The molecule has 1 aliphatic rings. The molecule has 0 saturated carbocycles. The number of para-hydroxylation sites is 1. The van der Waals surface area contributed by atoms with Gasteiger partial charge in [0.25, 0.3) is 0 Å². The van der Waals surface area contributed by atoms with Gasteiger partial charge in [0.1, 0.15) is 12.2 Å². The molecule has 1 aromatic carbocycles. The summed E-state index contributed by atoms with van der Waals surface area (Å²) in [6, 6.07) is 16.0. The SMILES string of the molecule is CC(C)(C)OC(=O)N1CCC(c2cccc(OCc3cccc4cccnc34)n2)CC1. The number of pyridine rings is 2. The van der Waals surface area contributed by atoms with Gasteiger partial charge in [0.05, 0.1) is 5.52 Å². The van der Waals surface area contributed by atoms with E-state index in [-0.39, 0.29) is 6.09 Å². The van der Waals surface area contributed by atoms with Crippen molar-refractivity contribution in [1.82, 2.24) is 14.9 Å². The molecule has 3 aromatic rings. The van der Waals surface area contributed by atoms with Crippen LogP contribution in [0.5, 0.6) is 5.88 Å². The second-order valence-corrected chi connectivity index (χ2v) is 8.92. The number of hydrogen-bond donors (Lipinski definition) is 0. The summed E-state index contributed by atoms with van der Waals surface area (Å²) in [6.45, 7) is 7.44. The third-order valence-corrected chi connectivity index (χ3v) is 5.40. The first-order chi connectivity index (χ1) is 14.9. The van der Waals surface area contributed by atoms with Gasteiger partial charge in [-0.3, -0.25) is 4.98 Å². The number of carbonyl (C=O) groups is 1. The van der Waals surface area contributed by atoms with E-state index in [1.807, 2.05) is 69.3 Å². The maximum absolute atomic E-state index is 12.3. The number of rotatable bonds is 4. The molecule has 0 atom stereocenters. The van der Waals surface area contributed by atoms with Gasteiger partial charge in [0.2, 0.25) is 5.88 Å². The molecule has 0 bridgehead atoms. The largest absolute Gasteiger partial charge is 0.473 e. The summed E-state index contributed by atoms with van der Waals surface area (Å²) in [5.74, 6) is 0.918. The molecule has 0 unspecified atom stereocenters. The highest BCUT2D eigenvalue weighted by molar-refractivity contribution is 5.81. The van der Waals surface area contributed by atoms with Crippen molar-refractivity contribution in [2.24, 2.45) is 0 Å². The van der Waals surface area contributed by atoms with Crippen LogP contribution >= 0.6 is 0 Å². The van der Waals surface area contributed by atoms with Crippen molar-refractivity contribution in [3.8, 4) is 5.88 Å². The van der Waals surface area contributed by atoms with Gasteiger partial charge in [-0.25, -0.2) is 9.78 Å². The molecular formula is C25H29N3O3. The Kier molecular flexibility index (Phi) is 6.07. The molecule has 6 heteroatoms. The average Bonchev–Trinajstić information content (AvgIpc) is 2.77. The molecule has 2 aromatic heterocycles. The quantitative estimate of drug-likeness (QED) is 0.572. The van der Waals surface area contributed by atoms with Gasteiger partial charge in [0.15, 0.2) is 0 Å². The standard InChI is InChI=1S/C25H29N3O3/c1-25(2,3)31-24(29)28-15-12-18(13-16-28)21-10-5-11-22(27-21)30-17-20-8-4-7-19-9-6-14-26-23(19)20/h4-11,14,18H,12-13,15-17H2,1-3H3. The van der Waals surface area contributed by atoms with Crippen LogP contribution in [0.25, 0.3) is 10.9 Å². The normalized spacial score (nSPS) is 15.1. The van der Waals surface area contributed by atoms with Crippen LogP contribution in [-0.4, -0.2) is 39.7 Å². The average molecular weight is 420 g/mol. The molecule has 0 N–H and O–H groups in total. The van der Waals surface area contributed by atoms with Crippen LogP contribution in [-0.2, 0) is 11.3 Å². The molecule has 1 aliphatic heterocycles. The number of carbonyl (C=O) groups excluding carboxylic acids is 1. The molecule has 1 saturated heterocycles. The zero-order chi connectivity index (χ0) is 21.8. The molecule has 31 heavy (non-hydrogen) atoms. The van der Waals surface area contributed by atoms with E-state index in [2.05, 4.69) is 4.98 Å². The topological polar surface area (TPSA) is 64.5 Å². The summed E-state index contributed by atoms with van der Waals surface area (Å²) in [6.07, 6.45) is 3.29. The van der Waals surface area contributed by atoms with Crippen molar-refractivity contribution in [3.05, 3.63) is 66.0 Å². The third kappa shape index (κ3) is 5.32. The Hall–Kier alpha value is -3.15. The predicted molar refractivity (Wildman–Crippen MR) is 120 cm³/mol. The highest BCUT2D eigenvalue weighted by atomic mass is 16.6. The second-order valence-electron chi connectivity index (χ2n) is 8.92. The van der Waals surface area contributed by atoms with Gasteiger partial charge < -0.3 is 14.4 Å². The Morgan fingerprint density at radius 2 is 1.81 bits per heavy atom. The van der Waals surface area contributed by atoms with Crippen molar-refractivity contribution in [2.75, 3.05) is 13.1 Å². The van der Waals surface area contributed by atoms with Gasteiger partial charge in [-0.2, -0.15) is 0 Å². The molecule has 1 amide bonds. The van der Waals surface area contributed by atoms with Gasteiger partial charge in [-0.05, 0) is 45.7 Å². The van der Waals surface area contributed by atoms with Crippen LogP contribution < -0.4 is 4.74 Å². The van der Waals surface area contributed by atoms with Crippen molar-refractivity contribution < 1.29 is 14.3 Å². The van der Waals surface area contributed by atoms with Gasteiger partial charge in [-0.15, -0.1) is 0 Å². The van der Waals surface area contributed by atoms with Crippen LogP contribution in [0.1, 0.15) is 50.8 Å². The first-order valence-corrected chi connectivity index (χ1v) is 10.8. The van der Waals surface area contributed by atoms with E-state index >= 15 is 0 Å². The highest BCUT2D eigenvalue weighted by Crippen LogP contribution is 2.29. The number of likely N-dealkylation sites (tertiary alicyclic amines) is 1. The fourth-order valence-electron chi connectivity index (χ4n) is 3.86. The Labute approximate surface area is 183 Å². The maximum atomic E-state index is 12.3. The molecular weight excluding hydrogens is 390 g/mol. The van der Waals surface area contributed by atoms with E-state index in [4.69, 9.17) is 14.5 Å². The summed E-state index contributed by atoms with van der Waals surface area (Å²) in [5.41, 5.74) is 2.53. The van der Waals surface area contributed by atoms with E-state index in [0.717, 1.165) is 35.0 Å². The molecule has 3 heterocycles. The minimum atomic E-state index is -0.471. The Morgan fingerprint density at radius 1 is 1.06 bits per heavy atom. The second kappa shape index (κ2) is 8.92. The van der Waals surface area contributed by atoms with Crippen LogP contribution in [0.15, 0.2) is 54.7 Å². The Morgan fingerprint density at radius 3 is 2.58 bits per heavy atom. The smallest absolute Gasteiger partial charge is 0.410 e. The molecule has 6 nitrogen and oxygen atoms in total. The summed E-state index contributed by atoms with van der Waals surface area (Å²) in [7, 11) is 0. The van der Waals surface area contributed by atoms with Crippen molar-refractivity contribution >= 4 is 17.0 Å². The summed E-state index contributed by atoms with van der Waals surface area (Å²) in [4.78, 5) is 23.3. The number of ether oxygens (including phenoxy) is 2. The lowest BCUT2D eigenvalue weighted by atomic mass is 9.93. The van der Waals surface area contributed by atoms with Crippen LogP contribution in [0.3, 0.4) is 0 Å². The van der Waals surface area contributed by atoms with Gasteiger partial charge in [0, 0.05) is 47.9 Å². The number of piperidine rings is 1. The first kappa shape index (κ1) is 21.1. The van der Waals surface area contributed by atoms with E-state index < -0.39 is 5.60 Å². The number of fused-ring (bicyclic) bond motifs is 1. The lowest BCUT2D eigenvalue weighted by molar-refractivity contribution is 0.0204. The third-order valence-electron chi connectivity index (χ3n) is 5.40. The number of benzene rings is 1. The minimum Gasteiger partial charge on any atom is -0.473 e. The fraction of sp³-hybridized carbons (Fsp3) is 0.400. The first-order valence-electron chi connectivity index (χ1n) is 10.8. The molecule has 0 spiro atoms. The fourth-order valence-corrected chi connectivity index (χ4v) is 3.86. The van der Waals surface area contributed by atoms with E-state index in [1.54, 1.807) is 11.1 Å². The van der Waals surface area contributed by atoms with Crippen molar-refractivity contribution in [2.45, 2.75) is 51.7 Å². The molecule has 162 valence electrons. The summed E-state index contributed by atoms with van der Waals surface area (Å²) < 4.78 is 11.5. The number of amides is 1. The lowest BCUT2D eigenvalue weighted by Crippen LogP contribution is -2.41. The predicted octanol–water partition coefficient (Wildman–Crippen LogP) is 5.32. The lowest BCUT2D eigenvalue weighted by Gasteiger charge is -2.33. The monoisotopic (exact) mass is 419 g/mol. The van der Waals surface area contributed by atoms with Crippen LogP contribution in [0, 0.1) is 0 Å². The number of nitrogens with zero attached hydrogens (tertiary/aromatic N) is 3. The summed E-state index contributed by atoms with van der Waals surface area (Å²) in [5, 5.41) is 1.10. The van der Waals surface area contributed by atoms with Crippen molar-refractivity contribution in [3.63, 3.8) is 0 Å². The van der Waals surface area contributed by atoms with Crippen molar-refractivity contribution in [1.29, 1.82) is 0 Å². The highest BCUT2D eigenvalue weighted by Gasteiger charge is 2.28. The van der Waals surface area contributed by atoms with Crippen LogP contribution in [0.4, 0.5) is 4.79 Å². The van der Waals surface area contributed by atoms with Gasteiger partial charge in [-0.1, -0.05) is 30.3 Å². The molecule has 0 radical (unpaired) electrons. The molecule has 1 fully saturated rings. The molecule has 0 aliphatic carbocycles. The molecule has 4 rings (SSSR count). The Bertz CT molecular complexity index is 1050. The van der Waals surface area contributed by atoms with Crippen LogP contribution in [0.2, 0.25) is 0 Å². The maximum Gasteiger partial charge on any atom is 0.410 e. The summed E-state index contributed by atoms with van der Waals surface area (Å²) >= 11 is 0.